The molecule has 0 bridgehead atoms. The third-order valence-electron chi connectivity index (χ3n) is 1.49. The van der Waals surface area contributed by atoms with Crippen molar-refractivity contribution in [2.45, 2.75) is 52.6 Å². The van der Waals surface area contributed by atoms with E-state index in [1.165, 1.54) is 12.8 Å². The van der Waals surface area contributed by atoms with Crippen LogP contribution in [0.2, 0.25) is 0 Å². The van der Waals surface area contributed by atoms with Crippen molar-refractivity contribution in [3.63, 3.8) is 0 Å². The van der Waals surface area contributed by atoms with Crippen LogP contribution < -0.4 is 5.32 Å². The molecule has 1 rings (SSSR count). The molecule has 1 heterocycles. The molecule has 0 aromatic carbocycles. The third-order valence-corrected chi connectivity index (χ3v) is 1.49. The van der Waals surface area contributed by atoms with Gasteiger partial charge in [-0.3, -0.25) is 0 Å². The molecule has 16 heavy (non-hydrogen) atoms. The summed E-state index contributed by atoms with van der Waals surface area (Å²) < 4.78 is 4.94. The Bertz CT molecular complexity index is 93.2. The molecule has 1 fully saturated rings. The van der Waals surface area contributed by atoms with Crippen molar-refractivity contribution in [3.05, 3.63) is 0 Å². The summed E-state index contributed by atoms with van der Waals surface area (Å²) in [7, 11) is 0. The van der Waals surface area contributed by atoms with Crippen LogP contribution in [0.25, 0.3) is 0 Å². The first-order valence-corrected chi connectivity index (χ1v) is 4.96. The number of halogens is 2. The first-order chi connectivity index (χ1) is 5.63. The fraction of sp³-hybridized carbons (Fsp3) is 1.00. The van der Waals surface area contributed by atoms with E-state index in [0.717, 1.165) is 13.2 Å². The molecule has 0 unspecified atom stereocenters. The number of ether oxygens (including phenoxy) is 1. The fourth-order valence-electron chi connectivity index (χ4n) is 1.18. The zero-order valence-corrected chi connectivity index (χ0v) is 11.3. The number of nitrogens with one attached hydrogen (secondary N) is 1. The molecule has 0 atom stereocenters. The fourth-order valence-corrected chi connectivity index (χ4v) is 1.18. The minimum atomic E-state index is 0. The van der Waals surface area contributed by atoms with Crippen molar-refractivity contribution in [1.82, 2.24) is 5.32 Å². The van der Waals surface area contributed by atoms with E-state index in [1.54, 1.807) is 0 Å². The topological polar surface area (TPSA) is 21.3 Å². The van der Waals surface area contributed by atoms with E-state index in [2.05, 4.69) is 33.0 Å². The molecule has 1 aliphatic heterocycles. The Morgan fingerprint density at radius 2 is 1.19 bits per heavy atom. The second-order valence-corrected chi connectivity index (χ2v) is 3.80. The summed E-state index contributed by atoms with van der Waals surface area (Å²) in [5.74, 6) is 0. The van der Waals surface area contributed by atoms with E-state index in [1.807, 2.05) is 0 Å². The minimum Gasteiger partial charge on any atom is 0.316 e. The molecule has 1 N–H and O–H groups in total. The smallest absolute Gasteiger partial charge is 0.316 e. The van der Waals surface area contributed by atoms with E-state index in [9.17, 15) is 0 Å². The molecule has 1 saturated heterocycles. The van der Waals surface area contributed by atoms with Crippen LogP contribution in [0.15, 0.2) is 0 Å². The van der Waals surface area contributed by atoms with Crippen LogP contribution in [-0.4, -0.2) is 67.2 Å². The van der Waals surface area contributed by atoms with Crippen LogP contribution in [0.4, 0.5) is 0 Å². The number of rotatable bonds is 2. The first kappa shape index (κ1) is 30.7. The second-order valence-electron chi connectivity index (χ2n) is 3.80. The van der Waals surface area contributed by atoms with Crippen LogP contribution in [0, 0.1) is 0 Å². The van der Waals surface area contributed by atoms with Gasteiger partial charge in [0.1, 0.15) is 0 Å². The Hall–Kier alpha value is 1.86. The molecule has 0 aliphatic carbocycles. The standard InChI is InChI=1S/C6H15N.C4H8O.2ClH.Li.Mg.3H/c1-5(2)7-6(3)4;1-2-4-5-3-1;;;;;;;/h5-7H,1-4H3;1-4H2;2*1H;;;;;. The van der Waals surface area contributed by atoms with Gasteiger partial charge in [0.2, 0.25) is 0 Å². The molecule has 6 heteroatoms. The zero-order valence-electron chi connectivity index (χ0n) is 9.71. The summed E-state index contributed by atoms with van der Waals surface area (Å²) in [5.41, 5.74) is 0. The van der Waals surface area contributed by atoms with Gasteiger partial charge in [-0.1, -0.05) is 27.7 Å². The van der Waals surface area contributed by atoms with Gasteiger partial charge in [-0.2, -0.15) is 0 Å². The van der Waals surface area contributed by atoms with Crippen molar-refractivity contribution in [3.8, 4) is 0 Å². The molecule has 0 aromatic rings. The van der Waals surface area contributed by atoms with Crippen LogP contribution in [0.1, 0.15) is 40.5 Å². The van der Waals surface area contributed by atoms with Gasteiger partial charge in [0.15, 0.2) is 0 Å². The number of hydrogen-bond acceptors (Lipinski definition) is 2. The molecule has 2 nitrogen and oxygen atoms in total. The Morgan fingerprint density at radius 3 is 1.25 bits per heavy atom. The van der Waals surface area contributed by atoms with E-state index in [4.69, 9.17) is 4.74 Å². The Kier molecular flexibility index (Phi) is 42.4. The SMILES string of the molecule is C1CCOC1.CC(C)NC(C)C.Cl.Cl.[LiH].[MgH2]. The van der Waals surface area contributed by atoms with Crippen LogP contribution >= 0.6 is 24.8 Å². The number of hydrogen-bond donors (Lipinski definition) is 1. The average Bonchev–Trinajstić information content (AvgIpc) is 2.36. The van der Waals surface area contributed by atoms with Crippen LogP contribution in [-0.2, 0) is 4.74 Å². The van der Waals surface area contributed by atoms with Crippen molar-refractivity contribution in [1.29, 1.82) is 0 Å². The van der Waals surface area contributed by atoms with Gasteiger partial charge in [0.05, 0.1) is 0 Å². The largest absolute Gasteiger partial charge is 0.316 e. The summed E-state index contributed by atoms with van der Waals surface area (Å²) in [6.45, 7) is 10.6. The van der Waals surface area contributed by atoms with Crippen molar-refractivity contribution < 1.29 is 4.74 Å². The van der Waals surface area contributed by atoms with Crippen molar-refractivity contribution in [2.24, 2.45) is 0 Å². The van der Waals surface area contributed by atoms with Gasteiger partial charge in [-0.15, -0.1) is 24.8 Å². The van der Waals surface area contributed by atoms with Gasteiger partial charge < -0.3 is 10.1 Å². The third kappa shape index (κ3) is 29.7. The molecular formula is C10H28Cl2LiMgNO. The molecule has 0 amide bonds. The summed E-state index contributed by atoms with van der Waals surface area (Å²) in [6.07, 6.45) is 2.56. The summed E-state index contributed by atoms with van der Waals surface area (Å²) in [4.78, 5) is 0. The Balaban J connectivity index is -0.0000000411. The molecule has 1 aliphatic rings. The molecule has 0 saturated carbocycles. The van der Waals surface area contributed by atoms with E-state index in [-0.39, 0.29) is 66.7 Å². The van der Waals surface area contributed by atoms with E-state index >= 15 is 0 Å². The molecule has 0 aromatic heterocycles. The van der Waals surface area contributed by atoms with Gasteiger partial charge in [0, 0.05) is 25.3 Å². The molecule has 0 radical (unpaired) electrons. The van der Waals surface area contributed by atoms with Gasteiger partial charge in [-0.25, -0.2) is 0 Å². The maximum Gasteiger partial charge on any atom is 0.316 e. The second kappa shape index (κ2) is 22.1. The maximum atomic E-state index is 4.94. The predicted octanol–water partition coefficient (Wildman–Crippen LogP) is 1.47. The minimum absolute atomic E-state index is 0. The monoisotopic (exact) mass is 279 g/mol. The van der Waals surface area contributed by atoms with Crippen LogP contribution in [0.3, 0.4) is 0 Å². The van der Waals surface area contributed by atoms with E-state index < -0.39 is 0 Å². The molecule has 0 spiro atoms. The van der Waals surface area contributed by atoms with Crippen molar-refractivity contribution in [2.75, 3.05) is 13.2 Å². The predicted molar refractivity (Wildman–Crippen MR) is 83.6 cm³/mol. The normalized spacial score (nSPS) is 12.4. The van der Waals surface area contributed by atoms with E-state index in [0.29, 0.717) is 12.1 Å². The molecular weight excluding hydrogens is 252 g/mol. The summed E-state index contributed by atoms with van der Waals surface area (Å²) in [6, 6.07) is 1.25. The van der Waals surface area contributed by atoms with Crippen molar-refractivity contribution >= 4 is 66.7 Å². The average molecular weight is 280 g/mol. The van der Waals surface area contributed by atoms with Gasteiger partial charge in [-0.05, 0) is 12.8 Å². The molecule has 96 valence electrons. The Labute approximate surface area is 142 Å². The zero-order chi connectivity index (χ0) is 9.40. The summed E-state index contributed by atoms with van der Waals surface area (Å²) in [5, 5.41) is 3.31. The Morgan fingerprint density at radius 1 is 0.875 bits per heavy atom. The van der Waals surface area contributed by atoms with Gasteiger partial charge >= 0.3 is 41.9 Å². The van der Waals surface area contributed by atoms with Gasteiger partial charge in [0.25, 0.3) is 0 Å². The first-order valence-electron chi connectivity index (χ1n) is 4.96. The maximum absolute atomic E-state index is 4.94. The quantitative estimate of drug-likeness (QED) is 0.774. The van der Waals surface area contributed by atoms with Crippen LogP contribution in [0.5, 0.6) is 0 Å². The summed E-state index contributed by atoms with van der Waals surface area (Å²) >= 11 is 0.